The molecule has 1 atom stereocenters. The number of amides is 3. The van der Waals surface area contributed by atoms with E-state index in [2.05, 4.69) is 16.0 Å². The Morgan fingerprint density at radius 3 is 2.46 bits per heavy atom. The molecule has 5 nitrogen and oxygen atoms in total. The number of hydrogen-bond donors (Lipinski definition) is 3. The maximum atomic E-state index is 12.5. The second kappa shape index (κ2) is 7.88. The van der Waals surface area contributed by atoms with Gasteiger partial charge in [0.15, 0.2) is 0 Å². The van der Waals surface area contributed by atoms with E-state index < -0.39 is 0 Å². The highest BCUT2D eigenvalue weighted by Crippen LogP contribution is 2.20. The molecule has 6 heteroatoms. The number of para-hydroxylation sites is 2. The fourth-order valence-corrected chi connectivity index (χ4v) is 3.66. The number of carbonyl (C=O) groups is 2. The average Bonchev–Trinajstić information content (AvgIpc) is 3.09. The maximum Gasteiger partial charge on any atom is 0.323 e. The Balaban J connectivity index is 1.67. The van der Waals surface area contributed by atoms with Crippen molar-refractivity contribution in [3.8, 4) is 0 Å². The van der Waals surface area contributed by atoms with Crippen molar-refractivity contribution in [3.05, 3.63) is 60.2 Å². The average molecular weight is 341 g/mol. The monoisotopic (exact) mass is 341 g/mol. The highest BCUT2D eigenvalue weighted by Gasteiger charge is 2.20. The van der Waals surface area contributed by atoms with E-state index in [4.69, 9.17) is 0 Å². The van der Waals surface area contributed by atoms with Crippen LogP contribution >= 0.6 is 11.8 Å². The minimum atomic E-state index is -0.377. The van der Waals surface area contributed by atoms with Gasteiger partial charge in [-0.1, -0.05) is 30.3 Å². The Bertz CT molecular complexity index is 715. The van der Waals surface area contributed by atoms with Crippen molar-refractivity contribution in [1.82, 2.24) is 5.32 Å². The molecule has 124 valence electrons. The third kappa shape index (κ3) is 4.29. The lowest BCUT2D eigenvalue weighted by Gasteiger charge is -2.15. The zero-order valence-electron chi connectivity index (χ0n) is 13.1. The SMILES string of the molecule is O=C(Nc1ccccc1)Nc1ccccc1C(=O)NC1CCSC1. The van der Waals surface area contributed by atoms with Gasteiger partial charge in [0.2, 0.25) is 0 Å². The number of anilines is 2. The molecule has 24 heavy (non-hydrogen) atoms. The van der Waals surface area contributed by atoms with Crippen LogP contribution in [0.3, 0.4) is 0 Å². The summed E-state index contributed by atoms with van der Waals surface area (Å²) in [4.78, 5) is 24.6. The number of hydrogen-bond acceptors (Lipinski definition) is 3. The summed E-state index contributed by atoms with van der Waals surface area (Å²) in [6.07, 6.45) is 0.987. The summed E-state index contributed by atoms with van der Waals surface area (Å²) >= 11 is 1.84. The number of benzene rings is 2. The van der Waals surface area contributed by atoms with Gasteiger partial charge in [-0.3, -0.25) is 4.79 Å². The van der Waals surface area contributed by atoms with Gasteiger partial charge in [0, 0.05) is 17.5 Å². The Labute approximate surface area is 145 Å². The van der Waals surface area contributed by atoms with Crippen LogP contribution in [0.15, 0.2) is 54.6 Å². The summed E-state index contributed by atoms with van der Waals surface area (Å²) in [6, 6.07) is 16.0. The van der Waals surface area contributed by atoms with Gasteiger partial charge in [0.1, 0.15) is 0 Å². The molecule has 0 aliphatic carbocycles. The molecular weight excluding hydrogens is 322 g/mol. The van der Waals surface area contributed by atoms with E-state index in [1.165, 1.54) is 0 Å². The molecule has 1 saturated heterocycles. The quantitative estimate of drug-likeness (QED) is 0.796. The van der Waals surface area contributed by atoms with Gasteiger partial charge >= 0.3 is 6.03 Å². The standard InChI is InChI=1S/C18H19N3O2S/c22-17(19-14-10-11-24-12-14)15-8-4-5-9-16(15)21-18(23)20-13-6-2-1-3-7-13/h1-9,14H,10-12H2,(H,19,22)(H2,20,21,23). The van der Waals surface area contributed by atoms with Gasteiger partial charge in [-0.25, -0.2) is 4.79 Å². The Kier molecular flexibility index (Phi) is 5.38. The van der Waals surface area contributed by atoms with E-state index >= 15 is 0 Å². The van der Waals surface area contributed by atoms with Gasteiger partial charge in [-0.15, -0.1) is 0 Å². The summed E-state index contributed by atoms with van der Waals surface area (Å²) in [5.41, 5.74) is 1.66. The molecule has 1 unspecified atom stereocenters. The molecule has 1 fully saturated rings. The molecule has 0 radical (unpaired) electrons. The Morgan fingerprint density at radius 1 is 0.958 bits per heavy atom. The first-order valence-corrected chi connectivity index (χ1v) is 8.98. The molecule has 0 spiro atoms. The molecule has 2 aromatic rings. The summed E-state index contributed by atoms with van der Waals surface area (Å²) in [5.74, 6) is 1.86. The summed E-state index contributed by atoms with van der Waals surface area (Å²) in [7, 11) is 0. The lowest BCUT2D eigenvalue weighted by Crippen LogP contribution is -2.35. The minimum absolute atomic E-state index is 0.155. The van der Waals surface area contributed by atoms with Crippen LogP contribution in [-0.2, 0) is 0 Å². The minimum Gasteiger partial charge on any atom is -0.348 e. The van der Waals surface area contributed by atoms with Crippen LogP contribution in [0.25, 0.3) is 0 Å². The highest BCUT2D eigenvalue weighted by molar-refractivity contribution is 7.99. The van der Waals surface area contributed by atoms with Crippen molar-refractivity contribution < 1.29 is 9.59 Å². The molecule has 1 aliphatic rings. The summed E-state index contributed by atoms with van der Waals surface area (Å²) in [6.45, 7) is 0. The molecule has 1 aliphatic heterocycles. The van der Waals surface area contributed by atoms with Crippen molar-refractivity contribution in [2.45, 2.75) is 12.5 Å². The summed E-state index contributed by atoms with van der Waals surface area (Å²) < 4.78 is 0. The molecule has 0 aromatic heterocycles. The fraction of sp³-hybridized carbons (Fsp3) is 0.222. The van der Waals surface area contributed by atoms with E-state index in [1.807, 2.05) is 30.0 Å². The molecule has 1 heterocycles. The van der Waals surface area contributed by atoms with Crippen molar-refractivity contribution in [1.29, 1.82) is 0 Å². The first-order valence-electron chi connectivity index (χ1n) is 7.83. The molecular formula is C18H19N3O2S. The Morgan fingerprint density at radius 2 is 1.71 bits per heavy atom. The number of carbonyl (C=O) groups excluding carboxylic acids is 2. The lowest BCUT2D eigenvalue weighted by molar-refractivity contribution is 0.0942. The van der Waals surface area contributed by atoms with Crippen molar-refractivity contribution in [3.63, 3.8) is 0 Å². The van der Waals surface area contributed by atoms with E-state index in [0.717, 1.165) is 17.9 Å². The molecule has 3 amide bonds. The molecule has 2 aromatic carbocycles. The fourth-order valence-electron chi connectivity index (χ4n) is 2.51. The van der Waals surface area contributed by atoms with Gasteiger partial charge in [-0.05, 0) is 36.4 Å². The highest BCUT2D eigenvalue weighted by atomic mass is 32.2. The zero-order chi connectivity index (χ0) is 16.8. The zero-order valence-corrected chi connectivity index (χ0v) is 13.9. The van der Waals surface area contributed by atoms with E-state index in [-0.39, 0.29) is 18.0 Å². The predicted octanol–water partition coefficient (Wildman–Crippen LogP) is 3.57. The van der Waals surface area contributed by atoms with Crippen LogP contribution in [0.4, 0.5) is 16.2 Å². The van der Waals surface area contributed by atoms with Crippen LogP contribution in [-0.4, -0.2) is 29.5 Å². The van der Waals surface area contributed by atoms with E-state index in [1.54, 1.807) is 36.4 Å². The molecule has 0 saturated carbocycles. The van der Waals surface area contributed by atoms with E-state index in [0.29, 0.717) is 16.9 Å². The maximum absolute atomic E-state index is 12.5. The lowest BCUT2D eigenvalue weighted by atomic mass is 10.1. The molecule has 0 bridgehead atoms. The molecule has 3 N–H and O–H groups in total. The number of nitrogens with one attached hydrogen (secondary N) is 3. The first-order chi connectivity index (χ1) is 11.7. The van der Waals surface area contributed by atoms with Gasteiger partial charge in [0.05, 0.1) is 11.3 Å². The van der Waals surface area contributed by atoms with Gasteiger partial charge in [0.25, 0.3) is 5.91 Å². The van der Waals surface area contributed by atoms with Crippen LogP contribution in [0.1, 0.15) is 16.8 Å². The smallest absolute Gasteiger partial charge is 0.323 e. The second-order valence-corrected chi connectivity index (χ2v) is 6.67. The van der Waals surface area contributed by atoms with Crippen LogP contribution in [0, 0.1) is 0 Å². The normalized spacial score (nSPS) is 16.4. The third-order valence-electron chi connectivity index (χ3n) is 3.72. The Hall–Kier alpha value is -2.47. The van der Waals surface area contributed by atoms with Gasteiger partial charge < -0.3 is 16.0 Å². The van der Waals surface area contributed by atoms with Crippen LogP contribution in [0.5, 0.6) is 0 Å². The van der Waals surface area contributed by atoms with Crippen LogP contribution in [0.2, 0.25) is 0 Å². The van der Waals surface area contributed by atoms with Gasteiger partial charge in [-0.2, -0.15) is 11.8 Å². The predicted molar refractivity (Wildman–Crippen MR) is 98.7 cm³/mol. The largest absolute Gasteiger partial charge is 0.348 e. The summed E-state index contributed by atoms with van der Waals surface area (Å²) in [5, 5.41) is 8.52. The number of rotatable bonds is 4. The number of thioether (sulfide) groups is 1. The topological polar surface area (TPSA) is 70.2 Å². The second-order valence-electron chi connectivity index (χ2n) is 5.52. The van der Waals surface area contributed by atoms with Crippen LogP contribution < -0.4 is 16.0 Å². The van der Waals surface area contributed by atoms with E-state index in [9.17, 15) is 9.59 Å². The van der Waals surface area contributed by atoms with Crippen molar-refractivity contribution in [2.24, 2.45) is 0 Å². The molecule has 3 rings (SSSR count). The first kappa shape index (κ1) is 16.4. The third-order valence-corrected chi connectivity index (χ3v) is 4.88. The van der Waals surface area contributed by atoms with Crippen molar-refractivity contribution >= 4 is 35.1 Å². The van der Waals surface area contributed by atoms with Crippen molar-refractivity contribution in [2.75, 3.05) is 22.1 Å². The number of urea groups is 1.